The van der Waals surface area contributed by atoms with Gasteiger partial charge in [-0.1, -0.05) is 20.3 Å². The largest absolute Gasteiger partial charge is 0.465 e. The summed E-state index contributed by atoms with van der Waals surface area (Å²) in [6, 6.07) is 0. The molecule has 6 heteroatoms. The van der Waals surface area contributed by atoms with E-state index in [2.05, 4.69) is 4.84 Å². The number of esters is 1. The maximum Gasteiger partial charge on any atom is 0.310 e. The highest BCUT2D eigenvalue weighted by Gasteiger charge is 2.15. The van der Waals surface area contributed by atoms with Crippen molar-refractivity contribution in [2.24, 2.45) is 5.92 Å². The van der Waals surface area contributed by atoms with Crippen LogP contribution in [0.15, 0.2) is 0 Å². The standard InChI is InChI=1S/C8H15NO5/c1-3-4-5-13-8(10)7(2)6-14-9(11)12/h7H,3-6H2,1-2H3. The minimum Gasteiger partial charge on any atom is -0.465 e. The third-order valence-corrected chi connectivity index (χ3v) is 1.57. The number of carbonyl (C=O) groups is 1. The number of ether oxygens (including phenoxy) is 1. The summed E-state index contributed by atoms with van der Waals surface area (Å²) in [6.07, 6.45) is 1.74. The molecule has 82 valence electrons. The zero-order chi connectivity index (χ0) is 11.0. The molecule has 0 aromatic heterocycles. The maximum atomic E-state index is 11.1. The summed E-state index contributed by atoms with van der Waals surface area (Å²) in [5, 5.41) is 8.90. The Kier molecular flexibility index (Phi) is 6.43. The van der Waals surface area contributed by atoms with Crippen molar-refractivity contribution < 1.29 is 19.5 Å². The Balaban J connectivity index is 3.59. The fourth-order valence-corrected chi connectivity index (χ4v) is 0.700. The molecule has 0 aliphatic heterocycles. The Hall–Kier alpha value is -1.33. The fourth-order valence-electron chi connectivity index (χ4n) is 0.700. The van der Waals surface area contributed by atoms with Crippen molar-refractivity contribution in [3.63, 3.8) is 0 Å². The normalized spacial score (nSPS) is 11.9. The van der Waals surface area contributed by atoms with Gasteiger partial charge >= 0.3 is 5.97 Å². The summed E-state index contributed by atoms with van der Waals surface area (Å²) >= 11 is 0. The molecule has 0 rings (SSSR count). The van der Waals surface area contributed by atoms with Crippen LogP contribution < -0.4 is 0 Å². The maximum absolute atomic E-state index is 11.1. The molecule has 0 N–H and O–H groups in total. The molecule has 0 fully saturated rings. The summed E-state index contributed by atoms with van der Waals surface area (Å²) in [7, 11) is 0. The van der Waals surface area contributed by atoms with Crippen LogP contribution in [-0.2, 0) is 14.4 Å². The highest BCUT2D eigenvalue weighted by molar-refractivity contribution is 5.72. The second-order valence-corrected chi connectivity index (χ2v) is 2.94. The van der Waals surface area contributed by atoms with Gasteiger partial charge in [0.1, 0.15) is 6.61 Å². The molecule has 1 unspecified atom stereocenters. The van der Waals surface area contributed by atoms with Gasteiger partial charge in [0, 0.05) is 0 Å². The van der Waals surface area contributed by atoms with E-state index >= 15 is 0 Å². The van der Waals surface area contributed by atoms with Gasteiger partial charge in [-0.05, 0) is 6.42 Å². The first-order valence-corrected chi connectivity index (χ1v) is 4.51. The molecule has 0 aromatic rings. The van der Waals surface area contributed by atoms with Gasteiger partial charge < -0.3 is 9.57 Å². The highest BCUT2D eigenvalue weighted by atomic mass is 16.9. The van der Waals surface area contributed by atoms with E-state index in [0.717, 1.165) is 12.8 Å². The first-order chi connectivity index (χ1) is 6.57. The lowest BCUT2D eigenvalue weighted by atomic mass is 10.2. The van der Waals surface area contributed by atoms with Crippen molar-refractivity contribution in [1.82, 2.24) is 0 Å². The topological polar surface area (TPSA) is 78.7 Å². The number of hydrogen-bond acceptors (Lipinski definition) is 5. The summed E-state index contributed by atoms with van der Waals surface area (Å²) in [6.45, 7) is 3.61. The van der Waals surface area contributed by atoms with Crippen molar-refractivity contribution in [3.05, 3.63) is 10.1 Å². The van der Waals surface area contributed by atoms with Gasteiger partial charge in [0.15, 0.2) is 0 Å². The van der Waals surface area contributed by atoms with Crippen LogP contribution in [-0.4, -0.2) is 24.3 Å². The molecule has 6 nitrogen and oxygen atoms in total. The number of nitrogens with zero attached hydrogens (tertiary/aromatic N) is 1. The van der Waals surface area contributed by atoms with E-state index in [1.54, 1.807) is 0 Å². The van der Waals surface area contributed by atoms with Crippen LogP contribution in [0.25, 0.3) is 0 Å². The van der Waals surface area contributed by atoms with E-state index < -0.39 is 17.0 Å². The predicted octanol–water partition coefficient (Wildman–Crippen LogP) is 1.17. The number of hydrogen-bond donors (Lipinski definition) is 0. The third-order valence-electron chi connectivity index (χ3n) is 1.57. The lowest BCUT2D eigenvalue weighted by Crippen LogP contribution is -2.21. The summed E-state index contributed by atoms with van der Waals surface area (Å²) < 4.78 is 4.83. The Morgan fingerprint density at radius 1 is 1.57 bits per heavy atom. The Bertz CT molecular complexity index is 194. The fraction of sp³-hybridized carbons (Fsp3) is 0.875. The number of rotatable bonds is 7. The first kappa shape index (κ1) is 12.7. The average Bonchev–Trinajstić information content (AvgIpc) is 2.14. The molecule has 0 spiro atoms. The van der Waals surface area contributed by atoms with E-state index in [4.69, 9.17) is 4.74 Å². The van der Waals surface area contributed by atoms with Gasteiger partial charge in [-0.3, -0.25) is 4.79 Å². The predicted molar refractivity (Wildman–Crippen MR) is 48.0 cm³/mol. The van der Waals surface area contributed by atoms with E-state index in [-0.39, 0.29) is 6.61 Å². The number of carbonyl (C=O) groups excluding carboxylic acids is 1. The molecule has 0 aliphatic carbocycles. The summed E-state index contributed by atoms with van der Waals surface area (Å²) in [4.78, 5) is 25.0. The van der Waals surface area contributed by atoms with Crippen molar-refractivity contribution >= 4 is 5.97 Å². The zero-order valence-electron chi connectivity index (χ0n) is 8.39. The van der Waals surface area contributed by atoms with E-state index in [9.17, 15) is 14.9 Å². The molecule has 0 saturated carbocycles. The second-order valence-electron chi connectivity index (χ2n) is 2.94. The van der Waals surface area contributed by atoms with Gasteiger partial charge in [0.2, 0.25) is 0 Å². The first-order valence-electron chi connectivity index (χ1n) is 4.51. The summed E-state index contributed by atoms with van der Waals surface area (Å²) in [5.41, 5.74) is 0. The molecule has 0 aliphatic rings. The molecular weight excluding hydrogens is 190 g/mol. The average molecular weight is 205 g/mol. The monoisotopic (exact) mass is 205 g/mol. The Morgan fingerprint density at radius 2 is 2.21 bits per heavy atom. The van der Waals surface area contributed by atoms with Crippen molar-refractivity contribution in [3.8, 4) is 0 Å². The van der Waals surface area contributed by atoms with E-state index in [1.165, 1.54) is 6.92 Å². The molecule has 0 radical (unpaired) electrons. The van der Waals surface area contributed by atoms with Gasteiger partial charge in [-0.15, -0.1) is 10.1 Å². The van der Waals surface area contributed by atoms with Gasteiger partial charge in [-0.2, -0.15) is 0 Å². The van der Waals surface area contributed by atoms with Crippen molar-refractivity contribution in [2.75, 3.05) is 13.2 Å². The molecule has 0 bridgehead atoms. The lowest BCUT2D eigenvalue weighted by molar-refractivity contribution is -0.758. The van der Waals surface area contributed by atoms with Crippen molar-refractivity contribution in [2.45, 2.75) is 26.7 Å². The molecule has 0 aromatic carbocycles. The van der Waals surface area contributed by atoms with Crippen LogP contribution >= 0.6 is 0 Å². The van der Waals surface area contributed by atoms with Crippen LogP contribution in [0, 0.1) is 16.0 Å². The van der Waals surface area contributed by atoms with Gasteiger partial charge in [-0.25, -0.2) is 0 Å². The van der Waals surface area contributed by atoms with Crippen LogP contribution in [0.3, 0.4) is 0 Å². The molecule has 0 heterocycles. The number of unbranched alkanes of at least 4 members (excludes halogenated alkanes) is 1. The molecule has 14 heavy (non-hydrogen) atoms. The summed E-state index contributed by atoms with van der Waals surface area (Å²) in [5.74, 6) is -1.06. The third kappa shape index (κ3) is 6.22. The zero-order valence-corrected chi connectivity index (χ0v) is 8.39. The van der Waals surface area contributed by atoms with Crippen LogP contribution in [0.4, 0.5) is 0 Å². The molecule has 0 amide bonds. The van der Waals surface area contributed by atoms with Gasteiger partial charge in [0.05, 0.1) is 12.5 Å². The van der Waals surface area contributed by atoms with Gasteiger partial charge in [0.25, 0.3) is 5.09 Å². The van der Waals surface area contributed by atoms with Crippen LogP contribution in [0.2, 0.25) is 0 Å². The minimum atomic E-state index is -0.921. The van der Waals surface area contributed by atoms with Crippen molar-refractivity contribution in [1.29, 1.82) is 0 Å². The minimum absolute atomic E-state index is 0.252. The Morgan fingerprint density at radius 3 is 2.71 bits per heavy atom. The molecule has 0 saturated heterocycles. The SMILES string of the molecule is CCCCOC(=O)C(C)CO[N+](=O)[O-]. The second kappa shape index (κ2) is 7.11. The Labute approximate surface area is 82.3 Å². The van der Waals surface area contributed by atoms with E-state index in [0.29, 0.717) is 6.61 Å². The lowest BCUT2D eigenvalue weighted by Gasteiger charge is -2.09. The van der Waals surface area contributed by atoms with E-state index in [1.807, 2.05) is 6.92 Å². The smallest absolute Gasteiger partial charge is 0.310 e. The van der Waals surface area contributed by atoms with Crippen LogP contribution in [0.5, 0.6) is 0 Å². The highest BCUT2D eigenvalue weighted by Crippen LogP contribution is 2.00. The van der Waals surface area contributed by atoms with Crippen LogP contribution in [0.1, 0.15) is 26.7 Å². The molecular formula is C8H15NO5. The molecule has 1 atom stereocenters. The quantitative estimate of drug-likeness (QED) is 0.270.